The Labute approximate surface area is 262 Å². The molecule has 0 saturated carbocycles. The molecule has 1 aromatic heterocycles. The van der Waals surface area contributed by atoms with Gasteiger partial charge in [0.15, 0.2) is 0 Å². The number of hydrogen-bond acceptors (Lipinski definition) is 10. The van der Waals surface area contributed by atoms with E-state index in [1.807, 2.05) is 0 Å². The van der Waals surface area contributed by atoms with E-state index in [1.165, 1.54) is 47.4 Å². The Morgan fingerprint density at radius 2 is 1.84 bits per heavy atom. The molecule has 3 aromatic rings. The minimum absolute atomic E-state index is 0.0111. The zero-order chi connectivity index (χ0) is 32.0. The van der Waals surface area contributed by atoms with Crippen LogP contribution >= 0.6 is 23.1 Å². The summed E-state index contributed by atoms with van der Waals surface area (Å²) in [6.07, 6.45) is -0.0293. The van der Waals surface area contributed by atoms with Crippen LogP contribution in [0.15, 0.2) is 53.4 Å². The molecule has 0 radical (unpaired) electrons. The van der Waals surface area contributed by atoms with Crippen LogP contribution in [0, 0.1) is 10.1 Å². The zero-order valence-corrected chi connectivity index (χ0v) is 26.3. The Bertz CT molecular complexity index is 1600. The van der Waals surface area contributed by atoms with Crippen LogP contribution in [0.3, 0.4) is 0 Å². The van der Waals surface area contributed by atoms with Crippen LogP contribution in [0.5, 0.6) is 0 Å². The Morgan fingerprint density at radius 1 is 1.09 bits per heavy atom. The molecule has 0 unspecified atom stereocenters. The number of fused-ring (bicyclic) bond motifs is 1. The van der Waals surface area contributed by atoms with Crippen molar-refractivity contribution in [3.63, 3.8) is 0 Å². The van der Waals surface area contributed by atoms with Crippen molar-refractivity contribution >= 4 is 63.4 Å². The van der Waals surface area contributed by atoms with Gasteiger partial charge in [-0.15, -0.1) is 23.1 Å². The average Bonchev–Trinajstić information content (AvgIpc) is 3.32. The molecule has 14 heteroatoms. The van der Waals surface area contributed by atoms with E-state index in [0.717, 1.165) is 10.4 Å². The van der Waals surface area contributed by atoms with Crippen molar-refractivity contribution in [3.8, 4) is 0 Å². The summed E-state index contributed by atoms with van der Waals surface area (Å²) in [5.74, 6) is -1.39. The highest BCUT2D eigenvalue weighted by Crippen LogP contribution is 2.38. The van der Waals surface area contributed by atoms with Gasteiger partial charge >= 0.3 is 12.1 Å². The van der Waals surface area contributed by atoms with Crippen molar-refractivity contribution in [2.75, 3.05) is 29.5 Å². The van der Waals surface area contributed by atoms with Crippen molar-refractivity contribution in [1.29, 1.82) is 0 Å². The molecule has 0 aliphatic carbocycles. The predicted molar refractivity (Wildman–Crippen MR) is 167 cm³/mol. The molecule has 2 aromatic carbocycles. The summed E-state index contributed by atoms with van der Waals surface area (Å²) in [7, 11) is 0. The molecule has 1 aliphatic rings. The first-order valence-corrected chi connectivity index (χ1v) is 15.5. The quantitative estimate of drug-likeness (QED) is 0.122. The monoisotopic (exact) mass is 640 g/mol. The largest absolute Gasteiger partial charge is 0.462 e. The van der Waals surface area contributed by atoms with E-state index in [-0.39, 0.29) is 36.1 Å². The summed E-state index contributed by atoms with van der Waals surface area (Å²) >= 11 is 2.46. The van der Waals surface area contributed by atoms with Crippen LogP contribution in [0.4, 0.5) is 21.2 Å². The van der Waals surface area contributed by atoms with E-state index in [4.69, 9.17) is 9.47 Å². The number of carbonyl (C=O) groups is 4. The molecular weight excluding hydrogens is 608 g/mol. The first-order valence-electron chi connectivity index (χ1n) is 13.7. The molecule has 1 aliphatic heterocycles. The van der Waals surface area contributed by atoms with E-state index in [2.05, 4.69) is 10.6 Å². The van der Waals surface area contributed by atoms with E-state index in [1.54, 1.807) is 56.9 Å². The van der Waals surface area contributed by atoms with Gasteiger partial charge in [0.1, 0.15) is 10.6 Å². The number of nitro benzene ring substituents is 1. The highest BCUT2D eigenvalue weighted by atomic mass is 32.2. The van der Waals surface area contributed by atoms with E-state index in [9.17, 15) is 29.3 Å². The standard InChI is InChI=1S/C30H32N4O8S2/c1-5-41-28(37)25-22-12-13-33(29(38)42-30(2,3)4)16-23(22)44-27(25)32-24(35)17-43-21-11-7-9-19(15-21)31-26(36)18-8-6-10-20(14-18)34(39)40/h6-11,14-15H,5,12-13,16-17H2,1-4H3,(H,31,36)(H,32,35). The van der Waals surface area contributed by atoms with Gasteiger partial charge in [-0.25, -0.2) is 9.59 Å². The minimum Gasteiger partial charge on any atom is -0.462 e. The van der Waals surface area contributed by atoms with Gasteiger partial charge in [0.25, 0.3) is 11.6 Å². The van der Waals surface area contributed by atoms with Gasteiger partial charge in [-0.3, -0.25) is 19.7 Å². The molecule has 0 bridgehead atoms. The third kappa shape index (κ3) is 8.35. The Morgan fingerprint density at radius 3 is 2.55 bits per heavy atom. The van der Waals surface area contributed by atoms with Gasteiger partial charge < -0.3 is 25.0 Å². The average molecular weight is 641 g/mol. The number of nitrogens with zero attached hydrogens (tertiary/aromatic N) is 2. The number of anilines is 2. The second-order valence-corrected chi connectivity index (χ2v) is 12.9. The van der Waals surface area contributed by atoms with Crippen LogP contribution in [-0.4, -0.2) is 58.2 Å². The third-order valence-corrected chi connectivity index (χ3v) is 8.35. The van der Waals surface area contributed by atoms with Crippen molar-refractivity contribution in [1.82, 2.24) is 4.90 Å². The Balaban J connectivity index is 1.42. The summed E-state index contributed by atoms with van der Waals surface area (Å²) < 4.78 is 10.8. The summed E-state index contributed by atoms with van der Waals surface area (Å²) in [6.45, 7) is 7.87. The van der Waals surface area contributed by atoms with Gasteiger partial charge in [0.2, 0.25) is 5.91 Å². The highest BCUT2D eigenvalue weighted by molar-refractivity contribution is 8.00. The van der Waals surface area contributed by atoms with Gasteiger partial charge in [0.05, 0.1) is 29.4 Å². The second kappa shape index (κ2) is 13.9. The Hall–Kier alpha value is -4.43. The maximum absolute atomic E-state index is 13.0. The lowest BCUT2D eigenvalue weighted by molar-refractivity contribution is -0.384. The fourth-order valence-electron chi connectivity index (χ4n) is 4.33. The summed E-state index contributed by atoms with van der Waals surface area (Å²) in [5, 5.41) is 16.9. The van der Waals surface area contributed by atoms with Gasteiger partial charge in [-0.05, 0) is 63.9 Å². The van der Waals surface area contributed by atoms with E-state index in [0.29, 0.717) is 34.1 Å². The van der Waals surface area contributed by atoms with Crippen LogP contribution in [0.25, 0.3) is 0 Å². The zero-order valence-electron chi connectivity index (χ0n) is 24.6. The van der Waals surface area contributed by atoms with Crippen LogP contribution in [0.2, 0.25) is 0 Å². The van der Waals surface area contributed by atoms with E-state index < -0.39 is 28.5 Å². The summed E-state index contributed by atoms with van der Waals surface area (Å²) in [5.41, 5.74) is 0.823. The van der Waals surface area contributed by atoms with Crippen LogP contribution < -0.4 is 10.6 Å². The topological polar surface area (TPSA) is 157 Å². The first-order chi connectivity index (χ1) is 20.8. The number of nitro groups is 1. The smallest absolute Gasteiger partial charge is 0.410 e. The molecule has 0 atom stereocenters. The number of ether oxygens (including phenoxy) is 2. The highest BCUT2D eigenvalue weighted by Gasteiger charge is 2.32. The molecule has 0 spiro atoms. The molecule has 4 rings (SSSR count). The fraction of sp³-hybridized carbons (Fsp3) is 0.333. The summed E-state index contributed by atoms with van der Waals surface area (Å²) in [6, 6.07) is 12.3. The van der Waals surface area contributed by atoms with Gasteiger partial charge in [0, 0.05) is 39.7 Å². The van der Waals surface area contributed by atoms with Gasteiger partial charge in [-0.1, -0.05) is 12.1 Å². The molecule has 2 heterocycles. The molecule has 0 saturated heterocycles. The SMILES string of the molecule is CCOC(=O)c1c(NC(=O)CSc2cccc(NC(=O)c3cccc([N+](=O)[O-])c3)c2)sc2c1CCN(C(=O)OC(C)(C)C)C2. The second-order valence-electron chi connectivity index (χ2n) is 10.7. The first kappa shape index (κ1) is 32.5. The molecule has 0 fully saturated rings. The number of nitrogens with one attached hydrogen (secondary N) is 2. The van der Waals surface area contributed by atoms with Crippen molar-refractivity contribution < 1.29 is 33.6 Å². The van der Waals surface area contributed by atoms with Crippen molar-refractivity contribution in [2.24, 2.45) is 0 Å². The molecule has 44 heavy (non-hydrogen) atoms. The molecule has 3 amide bonds. The number of amides is 3. The lowest BCUT2D eigenvalue weighted by atomic mass is 10.0. The maximum atomic E-state index is 13.0. The summed E-state index contributed by atoms with van der Waals surface area (Å²) in [4.78, 5) is 64.7. The fourth-order valence-corrected chi connectivity index (χ4v) is 6.35. The normalized spacial score (nSPS) is 12.6. The Kier molecular flexibility index (Phi) is 10.3. The number of rotatable bonds is 9. The third-order valence-electron chi connectivity index (χ3n) is 6.22. The molecule has 2 N–H and O–H groups in total. The van der Waals surface area contributed by atoms with Crippen molar-refractivity contribution in [3.05, 3.63) is 80.2 Å². The van der Waals surface area contributed by atoms with E-state index >= 15 is 0 Å². The lowest BCUT2D eigenvalue weighted by Gasteiger charge is -2.30. The van der Waals surface area contributed by atoms with Crippen molar-refractivity contribution in [2.45, 2.75) is 51.2 Å². The predicted octanol–water partition coefficient (Wildman–Crippen LogP) is 6.11. The number of thiophene rings is 1. The lowest BCUT2D eigenvalue weighted by Crippen LogP contribution is -2.39. The molecular formula is C30H32N4O8S2. The number of esters is 1. The maximum Gasteiger partial charge on any atom is 0.410 e. The number of benzene rings is 2. The van der Waals surface area contributed by atoms with Crippen LogP contribution in [0.1, 0.15) is 58.9 Å². The molecule has 12 nitrogen and oxygen atoms in total. The number of hydrogen-bond donors (Lipinski definition) is 2. The molecule has 232 valence electrons. The van der Waals surface area contributed by atoms with Crippen LogP contribution in [-0.2, 0) is 27.2 Å². The number of thioether (sulfide) groups is 1. The number of non-ortho nitro benzene ring substituents is 1. The minimum atomic E-state index is -0.643. The van der Waals surface area contributed by atoms with Gasteiger partial charge in [-0.2, -0.15) is 0 Å². The number of carbonyl (C=O) groups excluding carboxylic acids is 4.